The minimum absolute atomic E-state index is 0.105. The van der Waals surface area contributed by atoms with Crippen molar-refractivity contribution in [3.8, 4) is 12.1 Å². The molecule has 2 atom stereocenters. The normalized spacial score (nSPS) is 14.7. The van der Waals surface area contributed by atoms with Gasteiger partial charge in [-0.2, -0.15) is 10.5 Å². The summed E-state index contributed by atoms with van der Waals surface area (Å²) in [7, 11) is 0. The average molecular weight is 266 g/mol. The van der Waals surface area contributed by atoms with Gasteiger partial charge in [-0.15, -0.1) is 0 Å². The third-order valence-corrected chi connectivity index (χ3v) is 3.11. The van der Waals surface area contributed by atoms with Crippen molar-refractivity contribution >= 4 is 11.9 Å². The summed E-state index contributed by atoms with van der Waals surface area (Å²) in [5, 5.41) is 18.0. The minimum Gasteiger partial charge on any atom is -0.466 e. The monoisotopic (exact) mass is 266 g/mol. The van der Waals surface area contributed by atoms with Crippen molar-refractivity contribution in [2.45, 2.75) is 27.7 Å². The molecule has 0 N–H and O–H groups in total. The summed E-state index contributed by atoms with van der Waals surface area (Å²) in [5.74, 6) is -3.61. The molecule has 0 fully saturated rings. The van der Waals surface area contributed by atoms with Crippen molar-refractivity contribution in [2.24, 2.45) is 17.3 Å². The topological polar surface area (TPSA) is 100 Å². The second kappa shape index (κ2) is 7.38. The number of nitrogens with zero attached hydrogens (tertiary/aromatic N) is 2. The molecule has 0 spiro atoms. The van der Waals surface area contributed by atoms with Gasteiger partial charge in [0, 0.05) is 0 Å². The quantitative estimate of drug-likeness (QED) is 0.674. The van der Waals surface area contributed by atoms with Crippen LogP contribution in [0.1, 0.15) is 27.7 Å². The Kier molecular flexibility index (Phi) is 6.57. The van der Waals surface area contributed by atoms with Gasteiger partial charge < -0.3 is 9.47 Å². The van der Waals surface area contributed by atoms with E-state index in [2.05, 4.69) is 0 Å². The number of hydrogen-bond donors (Lipinski definition) is 0. The zero-order chi connectivity index (χ0) is 15.1. The Balaban J connectivity index is 5.52. The number of rotatable bonds is 6. The fraction of sp³-hybridized carbons (Fsp3) is 0.692. The van der Waals surface area contributed by atoms with Gasteiger partial charge in [0.1, 0.15) is 11.3 Å². The Morgan fingerprint density at radius 1 is 1.16 bits per heavy atom. The van der Waals surface area contributed by atoms with E-state index < -0.39 is 29.2 Å². The standard InChI is InChI=1S/C13H18N2O4/c1-5-18-11(16)9(3)13(4,10(7-14)8-15)12(17)19-6-2/h9-10H,5-6H2,1-4H3. The van der Waals surface area contributed by atoms with Crippen LogP contribution in [0.4, 0.5) is 0 Å². The van der Waals surface area contributed by atoms with E-state index in [-0.39, 0.29) is 13.2 Å². The van der Waals surface area contributed by atoms with E-state index in [1.807, 2.05) is 0 Å². The van der Waals surface area contributed by atoms with Crippen molar-refractivity contribution in [3.63, 3.8) is 0 Å². The molecule has 0 amide bonds. The number of carbonyl (C=O) groups excluding carboxylic acids is 2. The summed E-state index contributed by atoms with van der Waals surface area (Å²) >= 11 is 0. The Labute approximate surface area is 112 Å². The van der Waals surface area contributed by atoms with Gasteiger partial charge >= 0.3 is 11.9 Å². The molecule has 0 saturated heterocycles. The van der Waals surface area contributed by atoms with E-state index in [1.54, 1.807) is 26.0 Å². The maximum absolute atomic E-state index is 12.0. The number of hydrogen-bond acceptors (Lipinski definition) is 6. The molecule has 0 aromatic carbocycles. The van der Waals surface area contributed by atoms with Crippen LogP contribution in [0, 0.1) is 39.9 Å². The highest BCUT2D eigenvalue weighted by atomic mass is 16.5. The lowest BCUT2D eigenvalue weighted by Crippen LogP contribution is -2.45. The van der Waals surface area contributed by atoms with Crippen LogP contribution in [0.3, 0.4) is 0 Å². The van der Waals surface area contributed by atoms with Gasteiger partial charge in [0.25, 0.3) is 0 Å². The maximum atomic E-state index is 12.0. The number of nitriles is 2. The SMILES string of the molecule is CCOC(=O)C(C)C(C)(C(=O)OCC)C(C#N)C#N. The van der Waals surface area contributed by atoms with E-state index in [0.717, 1.165) is 0 Å². The third-order valence-electron chi connectivity index (χ3n) is 3.11. The predicted molar refractivity (Wildman–Crippen MR) is 65.3 cm³/mol. The fourth-order valence-corrected chi connectivity index (χ4v) is 1.64. The van der Waals surface area contributed by atoms with Gasteiger partial charge in [-0.25, -0.2) is 0 Å². The number of carbonyl (C=O) groups is 2. The van der Waals surface area contributed by atoms with Gasteiger partial charge in [0.05, 0.1) is 31.3 Å². The molecule has 0 rings (SSSR count). The van der Waals surface area contributed by atoms with E-state index in [0.29, 0.717) is 0 Å². The van der Waals surface area contributed by atoms with E-state index in [1.165, 1.54) is 13.8 Å². The molecule has 6 nitrogen and oxygen atoms in total. The molecule has 104 valence electrons. The molecule has 6 heteroatoms. The molecule has 0 heterocycles. The second-order valence-corrected chi connectivity index (χ2v) is 4.17. The lowest BCUT2D eigenvalue weighted by atomic mass is 9.69. The zero-order valence-corrected chi connectivity index (χ0v) is 11.6. The zero-order valence-electron chi connectivity index (χ0n) is 11.6. The summed E-state index contributed by atoms with van der Waals surface area (Å²) in [6.07, 6.45) is 0. The molecule has 0 radical (unpaired) electrons. The number of ether oxygens (including phenoxy) is 2. The van der Waals surface area contributed by atoms with Crippen LogP contribution in [0.25, 0.3) is 0 Å². The van der Waals surface area contributed by atoms with Crippen LogP contribution < -0.4 is 0 Å². The van der Waals surface area contributed by atoms with Crippen LogP contribution in [0.15, 0.2) is 0 Å². The van der Waals surface area contributed by atoms with Gasteiger partial charge in [0.2, 0.25) is 0 Å². The highest BCUT2D eigenvalue weighted by molar-refractivity contribution is 5.86. The molecule has 0 aromatic rings. The summed E-state index contributed by atoms with van der Waals surface area (Å²) in [6, 6.07) is 3.48. The van der Waals surface area contributed by atoms with Crippen molar-refractivity contribution in [3.05, 3.63) is 0 Å². The molecule has 0 bridgehead atoms. The van der Waals surface area contributed by atoms with Gasteiger partial charge in [-0.05, 0) is 20.8 Å². The van der Waals surface area contributed by atoms with Crippen LogP contribution in [0.5, 0.6) is 0 Å². The molecule has 0 saturated carbocycles. The Morgan fingerprint density at radius 3 is 2.00 bits per heavy atom. The Morgan fingerprint density at radius 2 is 1.63 bits per heavy atom. The Bertz CT molecular complexity index is 407. The summed E-state index contributed by atoms with van der Waals surface area (Å²) in [5.41, 5.74) is -1.55. The van der Waals surface area contributed by atoms with E-state index >= 15 is 0 Å². The van der Waals surface area contributed by atoms with E-state index in [9.17, 15) is 9.59 Å². The lowest BCUT2D eigenvalue weighted by molar-refractivity contribution is -0.169. The highest BCUT2D eigenvalue weighted by Gasteiger charge is 2.51. The first-order chi connectivity index (χ1) is 8.89. The molecule has 0 aliphatic rings. The molecular weight excluding hydrogens is 248 g/mol. The molecule has 0 aliphatic heterocycles. The smallest absolute Gasteiger partial charge is 0.315 e. The maximum Gasteiger partial charge on any atom is 0.315 e. The molecule has 19 heavy (non-hydrogen) atoms. The largest absolute Gasteiger partial charge is 0.466 e. The number of esters is 2. The van der Waals surface area contributed by atoms with E-state index in [4.69, 9.17) is 20.0 Å². The Hall–Kier alpha value is -2.08. The van der Waals surface area contributed by atoms with Crippen LogP contribution in [-0.4, -0.2) is 25.2 Å². The fourth-order valence-electron chi connectivity index (χ4n) is 1.64. The van der Waals surface area contributed by atoms with Crippen molar-refractivity contribution in [1.82, 2.24) is 0 Å². The first-order valence-corrected chi connectivity index (χ1v) is 6.03. The molecule has 0 aromatic heterocycles. The minimum atomic E-state index is -1.55. The first kappa shape index (κ1) is 16.9. The summed E-state index contributed by atoms with van der Waals surface area (Å²) in [6.45, 7) is 6.35. The van der Waals surface area contributed by atoms with Crippen molar-refractivity contribution in [2.75, 3.05) is 13.2 Å². The summed E-state index contributed by atoms with van der Waals surface area (Å²) < 4.78 is 9.74. The second-order valence-electron chi connectivity index (χ2n) is 4.17. The molecule has 2 unspecified atom stereocenters. The third kappa shape index (κ3) is 3.45. The van der Waals surface area contributed by atoms with Gasteiger partial charge in [0.15, 0.2) is 0 Å². The first-order valence-electron chi connectivity index (χ1n) is 6.03. The van der Waals surface area contributed by atoms with Crippen LogP contribution in [0.2, 0.25) is 0 Å². The van der Waals surface area contributed by atoms with Crippen LogP contribution >= 0.6 is 0 Å². The molecular formula is C13H18N2O4. The average Bonchev–Trinajstić information content (AvgIpc) is 2.39. The lowest BCUT2D eigenvalue weighted by Gasteiger charge is -2.32. The highest BCUT2D eigenvalue weighted by Crippen LogP contribution is 2.37. The summed E-state index contributed by atoms with van der Waals surface area (Å²) in [4.78, 5) is 23.8. The van der Waals surface area contributed by atoms with Crippen molar-refractivity contribution in [1.29, 1.82) is 10.5 Å². The molecule has 0 aliphatic carbocycles. The van der Waals surface area contributed by atoms with Gasteiger partial charge in [-0.1, -0.05) is 6.92 Å². The predicted octanol–water partition coefficient (Wildman–Crippen LogP) is 1.42. The van der Waals surface area contributed by atoms with Gasteiger partial charge in [-0.3, -0.25) is 9.59 Å². The van der Waals surface area contributed by atoms with Crippen LogP contribution in [-0.2, 0) is 19.1 Å². The van der Waals surface area contributed by atoms with Crippen molar-refractivity contribution < 1.29 is 19.1 Å².